The van der Waals surface area contributed by atoms with Crippen LogP contribution in [0.2, 0.25) is 0 Å². The Morgan fingerprint density at radius 3 is 2.20 bits per heavy atom. The summed E-state index contributed by atoms with van der Waals surface area (Å²) in [5, 5.41) is 6.56. The van der Waals surface area contributed by atoms with Crippen LogP contribution in [0.25, 0.3) is 0 Å². The second-order valence-electron chi connectivity index (χ2n) is 3.89. The summed E-state index contributed by atoms with van der Waals surface area (Å²) in [5.74, 6) is 0. The first-order valence-corrected chi connectivity index (χ1v) is 6.18. The summed E-state index contributed by atoms with van der Waals surface area (Å²) in [5.41, 5.74) is 0. The maximum Gasteiger partial charge on any atom is 0.0911 e. The van der Waals surface area contributed by atoms with Gasteiger partial charge in [-0.3, -0.25) is 0 Å². The molecule has 0 spiro atoms. The Kier molecular flexibility index (Phi) is 12.4. The predicted molar refractivity (Wildman–Crippen MR) is 66.5 cm³/mol. The first-order valence-electron chi connectivity index (χ1n) is 6.18. The van der Waals surface area contributed by atoms with Crippen LogP contribution in [-0.4, -0.2) is 6.01 Å². The molecule has 2 nitrogen and oxygen atoms in total. The van der Waals surface area contributed by atoms with E-state index >= 15 is 0 Å². The van der Waals surface area contributed by atoms with Gasteiger partial charge in [-0.15, -0.1) is 0 Å². The van der Waals surface area contributed by atoms with Gasteiger partial charge in [0.2, 0.25) is 0 Å². The Balaban J connectivity index is 3.01. The van der Waals surface area contributed by atoms with Crippen molar-refractivity contribution in [2.75, 3.05) is 0 Å². The van der Waals surface area contributed by atoms with Crippen LogP contribution in [0.5, 0.6) is 0 Å². The molecular weight excluding hydrogens is 184 g/mol. The minimum absolute atomic E-state index is 1.08. The highest BCUT2D eigenvalue weighted by molar-refractivity contribution is 5.37. The van der Waals surface area contributed by atoms with Crippen molar-refractivity contribution in [2.24, 2.45) is 4.99 Å². The smallest absolute Gasteiger partial charge is 0.0911 e. The van der Waals surface area contributed by atoms with Crippen molar-refractivity contribution >= 4 is 6.01 Å². The zero-order valence-corrected chi connectivity index (χ0v) is 9.97. The SMILES string of the molecule is CCCCCCCCCCC=CN=C=N. The zero-order valence-electron chi connectivity index (χ0n) is 9.97. The third kappa shape index (κ3) is 13.1. The Labute approximate surface area is 94.0 Å². The summed E-state index contributed by atoms with van der Waals surface area (Å²) >= 11 is 0. The second-order valence-corrected chi connectivity index (χ2v) is 3.89. The van der Waals surface area contributed by atoms with Gasteiger partial charge in [0.1, 0.15) is 0 Å². The first kappa shape index (κ1) is 14.1. The van der Waals surface area contributed by atoms with Gasteiger partial charge in [-0.1, -0.05) is 57.9 Å². The number of aliphatic imine (C=N–C) groups is 1. The third-order valence-corrected chi connectivity index (χ3v) is 2.47. The lowest BCUT2D eigenvalue weighted by Gasteiger charge is -1.99. The van der Waals surface area contributed by atoms with E-state index in [0.29, 0.717) is 0 Å². The first-order chi connectivity index (χ1) is 7.41. The van der Waals surface area contributed by atoms with Gasteiger partial charge in [0.05, 0.1) is 6.01 Å². The Morgan fingerprint density at radius 2 is 1.60 bits per heavy atom. The van der Waals surface area contributed by atoms with Crippen LogP contribution in [0.3, 0.4) is 0 Å². The van der Waals surface area contributed by atoms with E-state index in [1.54, 1.807) is 6.20 Å². The molecule has 86 valence electrons. The van der Waals surface area contributed by atoms with E-state index in [0.717, 1.165) is 6.42 Å². The molecule has 0 aromatic heterocycles. The largest absolute Gasteiger partial charge is 0.241 e. The summed E-state index contributed by atoms with van der Waals surface area (Å²) < 4.78 is 0. The molecule has 0 radical (unpaired) electrons. The van der Waals surface area contributed by atoms with Crippen LogP contribution >= 0.6 is 0 Å². The molecule has 0 bridgehead atoms. The number of nitrogens with zero attached hydrogens (tertiary/aromatic N) is 1. The lowest BCUT2D eigenvalue weighted by atomic mass is 10.1. The molecule has 0 aromatic rings. The van der Waals surface area contributed by atoms with E-state index < -0.39 is 0 Å². The van der Waals surface area contributed by atoms with Gasteiger partial charge < -0.3 is 0 Å². The van der Waals surface area contributed by atoms with Crippen LogP contribution in [-0.2, 0) is 0 Å². The van der Waals surface area contributed by atoms with Crippen molar-refractivity contribution in [1.29, 1.82) is 5.41 Å². The fourth-order valence-corrected chi connectivity index (χ4v) is 1.56. The fourth-order valence-electron chi connectivity index (χ4n) is 1.56. The number of unbranched alkanes of at least 4 members (excludes halogenated alkanes) is 8. The standard InChI is InChI=1S/C13H24N2/c1-2-3-4-5-6-7-8-9-10-11-12-15-13-14/h11-12,14H,2-10H2,1H3. The van der Waals surface area contributed by atoms with Crippen LogP contribution < -0.4 is 0 Å². The molecule has 0 unspecified atom stereocenters. The average Bonchev–Trinajstić information content (AvgIpc) is 2.26. The lowest BCUT2D eigenvalue weighted by Crippen LogP contribution is -1.79. The number of allylic oxidation sites excluding steroid dienone is 1. The van der Waals surface area contributed by atoms with Gasteiger partial charge in [-0.05, 0) is 12.8 Å². The summed E-state index contributed by atoms with van der Waals surface area (Å²) in [7, 11) is 0. The summed E-state index contributed by atoms with van der Waals surface area (Å²) in [6, 6.07) is 1.99. The topological polar surface area (TPSA) is 36.2 Å². The number of hydrogen-bond donors (Lipinski definition) is 1. The van der Waals surface area contributed by atoms with Crippen LogP contribution in [0.15, 0.2) is 17.3 Å². The fraction of sp³-hybridized carbons (Fsp3) is 0.769. The number of rotatable bonds is 10. The van der Waals surface area contributed by atoms with Crippen molar-refractivity contribution < 1.29 is 0 Å². The molecule has 15 heavy (non-hydrogen) atoms. The van der Waals surface area contributed by atoms with Gasteiger partial charge in [0.15, 0.2) is 0 Å². The Hall–Kier alpha value is -0.880. The van der Waals surface area contributed by atoms with Crippen molar-refractivity contribution in [3.8, 4) is 0 Å². The molecule has 0 aromatic carbocycles. The lowest BCUT2D eigenvalue weighted by molar-refractivity contribution is 0.577. The highest BCUT2D eigenvalue weighted by Crippen LogP contribution is 2.09. The van der Waals surface area contributed by atoms with E-state index in [2.05, 4.69) is 11.9 Å². The Bertz CT molecular complexity index is 191. The van der Waals surface area contributed by atoms with Crippen molar-refractivity contribution in [2.45, 2.75) is 64.7 Å². The van der Waals surface area contributed by atoms with E-state index in [1.165, 1.54) is 51.4 Å². The molecule has 0 aliphatic rings. The molecule has 0 aliphatic carbocycles. The minimum Gasteiger partial charge on any atom is -0.241 e. The molecule has 0 atom stereocenters. The quantitative estimate of drug-likeness (QED) is 0.396. The molecule has 2 heteroatoms. The molecule has 0 rings (SSSR count). The van der Waals surface area contributed by atoms with E-state index in [4.69, 9.17) is 5.41 Å². The van der Waals surface area contributed by atoms with E-state index in [9.17, 15) is 0 Å². The molecule has 0 saturated heterocycles. The molecule has 0 heterocycles. The van der Waals surface area contributed by atoms with Crippen molar-refractivity contribution in [3.63, 3.8) is 0 Å². The molecule has 0 amide bonds. The molecule has 0 saturated carbocycles. The molecule has 0 fully saturated rings. The Morgan fingerprint density at radius 1 is 1.00 bits per heavy atom. The average molecular weight is 208 g/mol. The maximum absolute atomic E-state index is 6.56. The van der Waals surface area contributed by atoms with E-state index in [1.807, 2.05) is 12.1 Å². The van der Waals surface area contributed by atoms with Gasteiger partial charge in [-0.25, -0.2) is 5.41 Å². The predicted octanol–water partition coefficient (Wildman–Crippen LogP) is 4.78. The highest BCUT2D eigenvalue weighted by atomic mass is 14.7. The monoisotopic (exact) mass is 208 g/mol. The van der Waals surface area contributed by atoms with Crippen LogP contribution in [0, 0.1) is 5.41 Å². The molecule has 1 N–H and O–H groups in total. The molecular formula is C13H24N2. The minimum atomic E-state index is 1.08. The van der Waals surface area contributed by atoms with Gasteiger partial charge >= 0.3 is 0 Å². The van der Waals surface area contributed by atoms with Gasteiger partial charge in [-0.2, -0.15) is 4.99 Å². The summed E-state index contributed by atoms with van der Waals surface area (Å²) in [6.45, 7) is 2.25. The number of hydrogen-bond acceptors (Lipinski definition) is 2. The van der Waals surface area contributed by atoms with Gasteiger partial charge in [0.25, 0.3) is 0 Å². The summed E-state index contributed by atoms with van der Waals surface area (Å²) in [6.07, 6.45) is 15.6. The number of nitrogens with one attached hydrogen (secondary N) is 1. The second kappa shape index (κ2) is 13.1. The highest BCUT2D eigenvalue weighted by Gasteiger charge is 1.89. The van der Waals surface area contributed by atoms with Crippen LogP contribution in [0.4, 0.5) is 0 Å². The van der Waals surface area contributed by atoms with Crippen molar-refractivity contribution in [3.05, 3.63) is 12.3 Å². The third-order valence-electron chi connectivity index (χ3n) is 2.47. The maximum atomic E-state index is 6.56. The van der Waals surface area contributed by atoms with Crippen LogP contribution in [0.1, 0.15) is 64.7 Å². The normalized spacial score (nSPS) is 10.5. The van der Waals surface area contributed by atoms with Gasteiger partial charge in [0, 0.05) is 6.20 Å². The van der Waals surface area contributed by atoms with Crippen molar-refractivity contribution in [1.82, 2.24) is 0 Å². The molecule has 0 aliphatic heterocycles. The zero-order chi connectivity index (χ0) is 11.2. The van der Waals surface area contributed by atoms with E-state index in [-0.39, 0.29) is 0 Å². The summed E-state index contributed by atoms with van der Waals surface area (Å²) in [4.78, 5) is 3.58.